The van der Waals surface area contributed by atoms with Crippen LogP contribution in [0.2, 0.25) is 0 Å². The molecule has 4 nitrogen and oxygen atoms in total. The van der Waals surface area contributed by atoms with Gasteiger partial charge in [-0.05, 0) is 24.6 Å². The number of benzene rings is 3. The van der Waals surface area contributed by atoms with Gasteiger partial charge in [-0.1, -0.05) is 72.3 Å². The van der Waals surface area contributed by atoms with Crippen molar-refractivity contribution < 1.29 is 0 Å². The molecule has 2 heterocycles. The summed E-state index contributed by atoms with van der Waals surface area (Å²) in [5.41, 5.74) is 7.23. The predicted octanol–water partition coefficient (Wildman–Crippen LogP) is 4.75. The maximum Gasteiger partial charge on any atom is 0.182 e. The van der Waals surface area contributed by atoms with Crippen molar-refractivity contribution >= 4 is 28.6 Å². The highest BCUT2D eigenvalue weighted by Crippen LogP contribution is 2.35. The van der Waals surface area contributed by atoms with Crippen molar-refractivity contribution in [2.75, 3.05) is 11.4 Å². The molecule has 3 aromatic carbocycles. The van der Waals surface area contributed by atoms with Gasteiger partial charge in [0.15, 0.2) is 5.84 Å². The minimum absolute atomic E-state index is 0.671. The fourth-order valence-electron chi connectivity index (χ4n) is 3.43. The fraction of sp³-hybridized carbons (Fsp3) is 0.0870. The Morgan fingerprint density at radius 2 is 1.48 bits per heavy atom. The number of amidine groups is 1. The van der Waals surface area contributed by atoms with Crippen molar-refractivity contribution in [3.8, 4) is 0 Å². The molecule has 0 aromatic heterocycles. The van der Waals surface area contributed by atoms with Gasteiger partial charge in [-0.25, -0.2) is 4.99 Å². The molecule has 0 amide bonds. The summed E-state index contributed by atoms with van der Waals surface area (Å²) in [6, 6.07) is 26.8. The van der Waals surface area contributed by atoms with E-state index in [0.717, 1.165) is 39.8 Å². The number of aryl methyl sites for hydroxylation is 1. The summed E-state index contributed by atoms with van der Waals surface area (Å²) in [6.07, 6.45) is 0. The second-order valence-corrected chi connectivity index (χ2v) is 6.74. The lowest BCUT2D eigenvalue weighted by atomic mass is 10.0. The zero-order valence-electron chi connectivity index (χ0n) is 15.0. The monoisotopic (exact) mass is 350 g/mol. The van der Waals surface area contributed by atoms with Crippen molar-refractivity contribution in [3.05, 3.63) is 95.6 Å². The van der Waals surface area contributed by atoms with Crippen LogP contribution in [0.15, 0.2) is 94.1 Å². The molecule has 2 aliphatic heterocycles. The van der Waals surface area contributed by atoms with Crippen LogP contribution in [0.1, 0.15) is 16.7 Å². The number of rotatable bonds is 2. The Morgan fingerprint density at radius 1 is 0.741 bits per heavy atom. The zero-order chi connectivity index (χ0) is 18.2. The Bertz CT molecular complexity index is 1090. The van der Waals surface area contributed by atoms with Crippen LogP contribution in [0, 0.1) is 6.92 Å². The van der Waals surface area contributed by atoms with Gasteiger partial charge in [0.1, 0.15) is 5.71 Å². The Balaban J connectivity index is 1.65. The van der Waals surface area contributed by atoms with Gasteiger partial charge < -0.3 is 4.90 Å². The fourth-order valence-corrected chi connectivity index (χ4v) is 3.43. The lowest BCUT2D eigenvalue weighted by molar-refractivity contribution is 1.06. The SMILES string of the molecule is Cc1ccc(C2=NN=C3C(c4ccccc4)=Nc4ccccc4N3C2)cc1. The molecule has 0 saturated heterocycles. The molecule has 0 N–H and O–H groups in total. The third kappa shape index (κ3) is 2.75. The first-order valence-corrected chi connectivity index (χ1v) is 9.02. The van der Waals surface area contributed by atoms with Gasteiger partial charge in [-0.2, -0.15) is 5.10 Å². The largest absolute Gasteiger partial charge is 0.315 e. The standard InChI is InChI=1S/C23H18N4/c1-16-11-13-17(14-12-16)20-15-27-21-10-6-5-9-19(21)24-22(23(27)26-25-20)18-7-3-2-4-8-18/h2-14H,15H2,1H3. The molecule has 0 radical (unpaired) electrons. The molecular weight excluding hydrogens is 332 g/mol. The van der Waals surface area contributed by atoms with Crippen LogP contribution in [0.4, 0.5) is 11.4 Å². The highest BCUT2D eigenvalue weighted by Gasteiger charge is 2.30. The summed E-state index contributed by atoms with van der Waals surface area (Å²) in [5.74, 6) is 0.802. The lowest BCUT2D eigenvalue weighted by Crippen LogP contribution is -2.44. The first-order valence-electron chi connectivity index (χ1n) is 9.02. The highest BCUT2D eigenvalue weighted by atomic mass is 15.4. The van der Waals surface area contributed by atoms with E-state index >= 15 is 0 Å². The molecule has 2 aliphatic rings. The van der Waals surface area contributed by atoms with Gasteiger partial charge in [0.2, 0.25) is 0 Å². The van der Waals surface area contributed by atoms with Crippen LogP contribution in [0.3, 0.4) is 0 Å². The number of nitrogens with zero attached hydrogens (tertiary/aromatic N) is 4. The molecule has 0 saturated carbocycles. The first kappa shape index (κ1) is 15.7. The van der Waals surface area contributed by atoms with E-state index in [1.54, 1.807) is 0 Å². The first-order chi connectivity index (χ1) is 13.3. The Labute approximate surface area is 158 Å². The van der Waals surface area contributed by atoms with Gasteiger partial charge in [0.05, 0.1) is 23.6 Å². The summed E-state index contributed by atoms with van der Waals surface area (Å²) in [5, 5.41) is 9.13. The van der Waals surface area contributed by atoms with E-state index in [0.29, 0.717) is 6.54 Å². The van der Waals surface area contributed by atoms with Crippen molar-refractivity contribution in [3.63, 3.8) is 0 Å². The second-order valence-electron chi connectivity index (χ2n) is 6.74. The molecule has 0 atom stereocenters. The van der Waals surface area contributed by atoms with Crippen LogP contribution in [0.5, 0.6) is 0 Å². The molecule has 3 aromatic rings. The smallest absolute Gasteiger partial charge is 0.182 e. The van der Waals surface area contributed by atoms with Gasteiger partial charge in [-0.15, -0.1) is 5.10 Å². The van der Waals surface area contributed by atoms with Gasteiger partial charge >= 0.3 is 0 Å². The maximum absolute atomic E-state index is 4.88. The average molecular weight is 350 g/mol. The van der Waals surface area contributed by atoms with Gasteiger partial charge in [0.25, 0.3) is 0 Å². The second kappa shape index (κ2) is 6.32. The molecule has 4 heteroatoms. The van der Waals surface area contributed by atoms with Gasteiger partial charge in [0, 0.05) is 5.56 Å². The number of fused-ring (bicyclic) bond motifs is 3. The Hall–Kier alpha value is -3.53. The lowest BCUT2D eigenvalue weighted by Gasteiger charge is -2.33. The molecule has 0 spiro atoms. The van der Waals surface area contributed by atoms with Crippen LogP contribution >= 0.6 is 0 Å². The predicted molar refractivity (Wildman–Crippen MR) is 112 cm³/mol. The summed E-state index contributed by atoms with van der Waals surface area (Å²) >= 11 is 0. The highest BCUT2D eigenvalue weighted by molar-refractivity contribution is 6.54. The van der Waals surface area contributed by atoms with E-state index in [4.69, 9.17) is 4.99 Å². The van der Waals surface area contributed by atoms with E-state index < -0.39 is 0 Å². The summed E-state index contributed by atoms with van der Waals surface area (Å²) in [4.78, 5) is 7.10. The van der Waals surface area contributed by atoms with Crippen molar-refractivity contribution in [2.24, 2.45) is 15.2 Å². The molecule has 130 valence electrons. The average Bonchev–Trinajstić information content (AvgIpc) is 2.74. The number of anilines is 1. The Morgan fingerprint density at radius 3 is 2.30 bits per heavy atom. The molecule has 5 rings (SSSR count). The normalized spacial score (nSPS) is 15.3. The van der Waals surface area contributed by atoms with E-state index in [2.05, 4.69) is 64.5 Å². The number of hydrogen-bond donors (Lipinski definition) is 0. The number of para-hydroxylation sites is 2. The van der Waals surface area contributed by atoms with Crippen LogP contribution in [-0.2, 0) is 0 Å². The maximum atomic E-state index is 4.88. The zero-order valence-corrected chi connectivity index (χ0v) is 15.0. The molecule has 27 heavy (non-hydrogen) atoms. The minimum Gasteiger partial charge on any atom is -0.315 e. The van der Waals surface area contributed by atoms with Crippen LogP contribution in [-0.4, -0.2) is 23.8 Å². The Kier molecular flexibility index (Phi) is 3.68. The van der Waals surface area contributed by atoms with Crippen molar-refractivity contribution in [2.45, 2.75) is 6.92 Å². The third-order valence-electron chi connectivity index (χ3n) is 4.88. The van der Waals surface area contributed by atoms with E-state index in [1.807, 2.05) is 36.4 Å². The molecule has 0 unspecified atom stereocenters. The summed E-state index contributed by atoms with van der Waals surface area (Å²) < 4.78 is 0. The molecule has 0 aliphatic carbocycles. The summed E-state index contributed by atoms with van der Waals surface area (Å²) in [6.45, 7) is 2.76. The van der Waals surface area contributed by atoms with Crippen LogP contribution in [0.25, 0.3) is 0 Å². The van der Waals surface area contributed by atoms with E-state index in [-0.39, 0.29) is 0 Å². The van der Waals surface area contributed by atoms with Gasteiger partial charge in [-0.3, -0.25) is 0 Å². The molecular formula is C23H18N4. The molecule has 0 bridgehead atoms. The van der Waals surface area contributed by atoms with Crippen LogP contribution < -0.4 is 4.90 Å². The van der Waals surface area contributed by atoms with E-state index in [9.17, 15) is 0 Å². The van der Waals surface area contributed by atoms with Crippen molar-refractivity contribution in [1.82, 2.24) is 0 Å². The quantitative estimate of drug-likeness (QED) is 0.657. The molecule has 0 fully saturated rings. The van der Waals surface area contributed by atoms with E-state index in [1.165, 1.54) is 5.56 Å². The number of hydrogen-bond acceptors (Lipinski definition) is 4. The third-order valence-corrected chi connectivity index (χ3v) is 4.88. The number of aliphatic imine (C=N–C) groups is 1. The minimum atomic E-state index is 0.671. The topological polar surface area (TPSA) is 40.3 Å². The summed E-state index contributed by atoms with van der Waals surface area (Å²) in [7, 11) is 0. The van der Waals surface area contributed by atoms with Crippen molar-refractivity contribution in [1.29, 1.82) is 0 Å².